The molecule has 31 heavy (non-hydrogen) atoms. The minimum Gasteiger partial charge on any atom is -0.324 e. The van der Waals surface area contributed by atoms with Crippen molar-refractivity contribution < 1.29 is 14.4 Å². The summed E-state index contributed by atoms with van der Waals surface area (Å²) in [5, 5.41) is 4.08. The molecule has 3 amide bonds. The molecule has 4 heterocycles. The molecule has 3 fully saturated rings. The molecule has 0 aromatic heterocycles. The second-order valence-electron chi connectivity index (χ2n) is 8.71. The van der Waals surface area contributed by atoms with Gasteiger partial charge in [0, 0.05) is 21.7 Å². The number of nitrogens with zero attached hydrogens (tertiary/aromatic N) is 2. The van der Waals surface area contributed by atoms with Crippen molar-refractivity contribution in [3.8, 4) is 0 Å². The first-order chi connectivity index (χ1) is 14.9. The summed E-state index contributed by atoms with van der Waals surface area (Å²) in [6.07, 6.45) is 1.67. The van der Waals surface area contributed by atoms with Crippen LogP contribution in [0.3, 0.4) is 0 Å². The van der Waals surface area contributed by atoms with Crippen molar-refractivity contribution >= 4 is 52.3 Å². The van der Waals surface area contributed by atoms with Gasteiger partial charge in [0.2, 0.25) is 17.7 Å². The van der Waals surface area contributed by atoms with Gasteiger partial charge >= 0.3 is 0 Å². The van der Waals surface area contributed by atoms with Gasteiger partial charge in [0.1, 0.15) is 5.54 Å². The SMILES string of the molecule is Cc1c(Cl)ccc2c1NC(=O)[C@@]21[C@H]2C(=O)N(c3ccc(Cl)cc3)C(=O)[C@@H]2[C@H]2CCCN21. The van der Waals surface area contributed by atoms with Crippen LogP contribution in [0, 0.1) is 18.8 Å². The van der Waals surface area contributed by atoms with Gasteiger partial charge in [-0.05, 0) is 62.2 Å². The zero-order valence-electron chi connectivity index (χ0n) is 16.7. The lowest BCUT2D eigenvalue weighted by atomic mass is 9.75. The van der Waals surface area contributed by atoms with Crippen LogP contribution in [0.5, 0.6) is 0 Å². The van der Waals surface area contributed by atoms with Crippen LogP contribution in [-0.4, -0.2) is 35.2 Å². The fourth-order valence-corrected chi connectivity index (χ4v) is 6.52. The van der Waals surface area contributed by atoms with Gasteiger partial charge in [-0.25, -0.2) is 4.90 Å². The average molecular weight is 456 g/mol. The van der Waals surface area contributed by atoms with Gasteiger partial charge in [-0.3, -0.25) is 19.3 Å². The number of halogens is 2. The molecule has 8 heteroatoms. The van der Waals surface area contributed by atoms with Crippen LogP contribution in [0.15, 0.2) is 36.4 Å². The number of hydrogen-bond donors (Lipinski definition) is 1. The minimum atomic E-state index is -1.19. The predicted molar refractivity (Wildman–Crippen MR) is 117 cm³/mol. The number of imide groups is 1. The molecule has 4 aliphatic rings. The van der Waals surface area contributed by atoms with E-state index in [1.54, 1.807) is 30.3 Å². The average Bonchev–Trinajstić information content (AvgIpc) is 3.45. The number of carbonyl (C=O) groups excluding carboxylic acids is 3. The van der Waals surface area contributed by atoms with Gasteiger partial charge in [0.25, 0.3) is 0 Å². The Morgan fingerprint density at radius 2 is 1.77 bits per heavy atom. The number of fused-ring (bicyclic) bond motifs is 7. The Labute approximate surface area is 189 Å². The summed E-state index contributed by atoms with van der Waals surface area (Å²) >= 11 is 12.3. The maximum Gasteiger partial charge on any atom is 0.250 e. The molecule has 3 saturated heterocycles. The summed E-state index contributed by atoms with van der Waals surface area (Å²) in [6, 6.07) is 10.1. The van der Waals surface area contributed by atoms with Crippen molar-refractivity contribution in [2.45, 2.75) is 31.3 Å². The van der Waals surface area contributed by atoms with E-state index in [1.165, 1.54) is 4.90 Å². The zero-order chi connectivity index (χ0) is 21.7. The first kappa shape index (κ1) is 19.3. The van der Waals surface area contributed by atoms with E-state index in [0.29, 0.717) is 28.0 Å². The van der Waals surface area contributed by atoms with E-state index in [0.717, 1.165) is 24.0 Å². The van der Waals surface area contributed by atoms with E-state index >= 15 is 0 Å². The molecule has 6 nitrogen and oxygen atoms in total. The van der Waals surface area contributed by atoms with E-state index < -0.39 is 17.4 Å². The summed E-state index contributed by atoms with van der Waals surface area (Å²) in [5.41, 5.74) is 1.48. The molecule has 0 bridgehead atoms. The van der Waals surface area contributed by atoms with Gasteiger partial charge in [-0.15, -0.1) is 0 Å². The number of anilines is 2. The van der Waals surface area contributed by atoms with Crippen molar-refractivity contribution in [2.75, 3.05) is 16.8 Å². The summed E-state index contributed by atoms with van der Waals surface area (Å²) in [5.74, 6) is -2.15. The number of benzene rings is 2. The van der Waals surface area contributed by atoms with Crippen LogP contribution in [0.1, 0.15) is 24.0 Å². The smallest absolute Gasteiger partial charge is 0.250 e. The standard InChI is InChI=1S/C23H19Cl2N3O3/c1-11-15(25)9-8-14-19(11)26-22(31)23(14)18-17(16-3-2-10-27(16)23)20(29)28(21(18)30)13-6-4-12(24)5-7-13/h4-9,16-18H,2-3,10H2,1H3,(H,26,31)/t16-,17-,18-,23+/m1/s1. The molecule has 2 aromatic carbocycles. The lowest BCUT2D eigenvalue weighted by Crippen LogP contribution is -2.54. The number of carbonyl (C=O) groups is 3. The summed E-state index contributed by atoms with van der Waals surface area (Å²) < 4.78 is 0. The maximum atomic E-state index is 13.8. The molecule has 4 aliphatic heterocycles. The Morgan fingerprint density at radius 1 is 1.03 bits per heavy atom. The van der Waals surface area contributed by atoms with Gasteiger partial charge in [-0.1, -0.05) is 29.3 Å². The molecule has 0 aliphatic carbocycles. The van der Waals surface area contributed by atoms with Crippen LogP contribution in [0.25, 0.3) is 0 Å². The molecular formula is C23H19Cl2N3O3. The Balaban J connectivity index is 1.56. The number of amides is 3. The van der Waals surface area contributed by atoms with Gasteiger partial charge in [0.15, 0.2) is 0 Å². The third-order valence-electron chi connectivity index (χ3n) is 7.45. The molecule has 6 rings (SSSR count). The van der Waals surface area contributed by atoms with Crippen molar-refractivity contribution in [2.24, 2.45) is 11.8 Å². The van der Waals surface area contributed by atoms with Crippen molar-refractivity contribution in [3.05, 3.63) is 57.6 Å². The molecule has 1 spiro atoms. The largest absolute Gasteiger partial charge is 0.324 e. The Hall–Kier alpha value is -2.41. The molecular weight excluding hydrogens is 437 g/mol. The van der Waals surface area contributed by atoms with E-state index in [4.69, 9.17) is 23.2 Å². The van der Waals surface area contributed by atoms with Crippen LogP contribution in [-0.2, 0) is 19.9 Å². The number of nitrogens with one attached hydrogen (secondary N) is 1. The molecule has 2 aromatic rings. The zero-order valence-corrected chi connectivity index (χ0v) is 18.2. The minimum absolute atomic E-state index is 0.147. The fraction of sp³-hybridized carbons (Fsp3) is 0.348. The Morgan fingerprint density at radius 3 is 2.52 bits per heavy atom. The third kappa shape index (κ3) is 2.20. The summed E-state index contributed by atoms with van der Waals surface area (Å²) in [4.78, 5) is 44.4. The van der Waals surface area contributed by atoms with Crippen LogP contribution in [0.4, 0.5) is 11.4 Å². The maximum absolute atomic E-state index is 13.8. The van der Waals surface area contributed by atoms with Crippen LogP contribution >= 0.6 is 23.2 Å². The number of rotatable bonds is 1. The highest BCUT2D eigenvalue weighted by atomic mass is 35.5. The van der Waals surface area contributed by atoms with Gasteiger partial charge in [0.05, 0.1) is 23.2 Å². The second-order valence-corrected chi connectivity index (χ2v) is 9.55. The number of hydrogen-bond acceptors (Lipinski definition) is 4. The lowest BCUT2D eigenvalue weighted by Gasteiger charge is -2.36. The molecule has 0 radical (unpaired) electrons. The predicted octanol–water partition coefficient (Wildman–Crippen LogP) is 3.73. The first-order valence-corrected chi connectivity index (χ1v) is 11.1. The molecule has 0 saturated carbocycles. The normalized spacial score (nSPS) is 31.4. The van der Waals surface area contributed by atoms with Crippen LogP contribution < -0.4 is 10.2 Å². The second kappa shape index (κ2) is 6.31. The van der Waals surface area contributed by atoms with Crippen molar-refractivity contribution in [1.82, 2.24) is 4.90 Å². The highest BCUT2D eigenvalue weighted by Gasteiger charge is 2.74. The van der Waals surface area contributed by atoms with E-state index in [9.17, 15) is 14.4 Å². The van der Waals surface area contributed by atoms with E-state index in [1.807, 2.05) is 13.0 Å². The van der Waals surface area contributed by atoms with Crippen molar-refractivity contribution in [3.63, 3.8) is 0 Å². The van der Waals surface area contributed by atoms with Crippen molar-refractivity contribution in [1.29, 1.82) is 0 Å². The summed E-state index contributed by atoms with van der Waals surface area (Å²) in [7, 11) is 0. The lowest BCUT2D eigenvalue weighted by molar-refractivity contribution is -0.135. The Bertz CT molecular complexity index is 1180. The Kier molecular flexibility index (Phi) is 3.93. The molecule has 0 unspecified atom stereocenters. The monoisotopic (exact) mass is 455 g/mol. The van der Waals surface area contributed by atoms with Gasteiger partial charge < -0.3 is 5.32 Å². The summed E-state index contributed by atoms with van der Waals surface area (Å²) in [6.45, 7) is 2.53. The van der Waals surface area contributed by atoms with E-state index in [-0.39, 0.29) is 23.8 Å². The third-order valence-corrected chi connectivity index (χ3v) is 8.11. The first-order valence-electron chi connectivity index (χ1n) is 10.4. The molecule has 4 atom stereocenters. The quantitative estimate of drug-likeness (QED) is 0.665. The highest BCUT2D eigenvalue weighted by Crippen LogP contribution is 2.61. The fourth-order valence-electron chi connectivity index (χ4n) is 6.24. The topological polar surface area (TPSA) is 69.7 Å². The van der Waals surface area contributed by atoms with E-state index in [2.05, 4.69) is 10.2 Å². The molecule has 158 valence electrons. The highest BCUT2D eigenvalue weighted by molar-refractivity contribution is 6.32. The van der Waals surface area contributed by atoms with Gasteiger partial charge in [-0.2, -0.15) is 0 Å². The molecule has 1 N–H and O–H groups in total. The van der Waals surface area contributed by atoms with Crippen LogP contribution in [0.2, 0.25) is 10.0 Å².